The Morgan fingerprint density at radius 2 is 1.84 bits per heavy atom. The molecule has 1 saturated heterocycles. The fourth-order valence-corrected chi connectivity index (χ4v) is 4.07. The summed E-state index contributed by atoms with van der Waals surface area (Å²) in [6, 6.07) is 0. The minimum Gasteiger partial charge on any atom is -0.465 e. The molecule has 19 heavy (non-hydrogen) atoms. The molecular formula is C15H25NO3. The largest absolute Gasteiger partial charge is 0.465 e. The van der Waals surface area contributed by atoms with Crippen molar-refractivity contribution in [1.82, 2.24) is 4.90 Å². The van der Waals surface area contributed by atoms with Gasteiger partial charge in [-0.25, -0.2) is 4.79 Å². The standard InChI is InChI=1S/C15H25NO3/c17-12-4-7-15(13-5-2-1-3-6-13)8-10-16(11-9-15)14(18)19/h12-13H,1-11H2,(H,18,19). The second-order valence-electron chi connectivity index (χ2n) is 6.17. The van der Waals surface area contributed by atoms with Gasteiger partial charge >= 0.3 is 6.09 Å². The lowest BCUT2D eigenvalue weighted by Gasteiger charge is -2.47. The van der Waals surface area contributed by atoms with Crippen LogP contribution in [0.5, 0.6) is 0 Å². The van der Waals surface area contributed by atoms with Gasteiger partial charge in [0.25, 0.3) is 0 Å². The zero-order valence-electron chi connectivity index (χ0n) is 11.6. The summed E-state index contributed by atoms with van der Waals surface area (Å²) in [4.78, 5) is 23.3. The van der Waals surface area contributed by atoms with Crippen LogP contribution in [0.15, 0.2) is 0 Å². The summed E-state index contributed by atoms with van der Waals surface area (Å²) in [5.74, 6) is 0.706. The first-order valence-electron chi connectivity index (χ1n) is 7.59. The van der Waals surface area contributed by atoms with Gasteiger partial charge in [-0.1, -0.05) is 19.3 Å². The summed E-state index contributed by atoms with van der Waals surface area (Å²) in [5, 5.41) is 9.06. The third-order valence-corrected chi connectivity index (χ3v) is 5.26. The van der Waals surface area contributed by atoms with E-state index in [0.717, 1.165) is 25.5 Å². The van der Waals surface area contributed by atoms with E-state index in [2.05, 4.69) is 0 Å². The molecule has 1 N–H and O–H groups in total. The Balaban J connectivity index is 2.03. The highest BCUT2D eigenvalue weighted by molar-refractivity contribution is 5.65. The van der Waals surface area contributed by atoms with Crippen LogP contribution in [0, 0.1) is 11.3 Å². The molecule has 2 fully saturated rings. The number of hydrogen-bond acceptors (Lipinski definition) is 2. The molecule has 2 aliphatic rings. The first-order valence-corrected chi connectivity index (χ1v) is 7.59. The van der Waals surface area contributed by atoms with Gasteiger partial charge in [0.1, 0.15) is 6.29 Å². The van der Waals surface area contributed by atoms with Crippen molar-refractivity contribution in [3.05, 3.63) is 0 Å². The molecule has 1 amide bonds. The Morgan fingerprint density at radius 3 is 2.37 bits per heavy atom. The van der Waals surface area contributed by atoms with Crippen LogP contribution >= 0.6 is 0 Å². The summed E-state index contributed by atoms with van der Waals surface area (Å²) in [6.45, 7) is 1.29. The van der Waals surface area contributed by atoms with Crippen LogP contribution in [0.3, 0.4) is 0 Å². The first kappa shape index (κ1) is 14.4. The monoisotopic (exact) mass is 267 g/mol. The number of hydrogen-bond donors (Lipinski definition) is 1. The molecule has 1 aliphatic heterocycles. The quantitative estimate of drug-likeness (QED) is 0.795. The lowest BCUT2D eigenvalue weighted by molar-refractivity contribution is -0.109. The fraction of sp³-hybridized carbons (Fsp3) is 0.867. The predicted molar refractivity (Wildman–Crippen MR) is 73.1 cm³/mol. The van der Waals surface area contributed by atoms with Gasteiger partial charge in [0.15, 0.2) is 0 Å². The maximum Gasteiger partial charge on any atom is 0.407 e. The molecule has 0 spiro atoms. The van der Waals surface area contributed by atoms with E-state index < -0.39 is 6.09 Å². The molecule has 2 rings (SSSR count). The Hall–Kier alpha value is -1.06. The first-order chi connectivity index (χ1) is 9.18. The highest BCUT2D eigenvalue weighted by Crippen LogP contribution is 2.48. The Morgan fingerprint density at radius 1 is 1.21 bits per heavy atom. The van der Waals surface area contributed by atoms with Crippen LogP contribution in [0.4, 0.5) is 4.79 Å². The van der Waals surface area contributed by atoms with E-state index in [4.69, 9.17) is 5.11 Å². The number of aldehydes is 1. The average Bonchev–Trinajstić information content (AvgIpc) is 2.46. The average molecular weight is 267 g/mol. The molecule has 0 unspecified atom stereocenters. The lowest BCUT2D eigenvalue weighted by atomic mass is 9.62. The Labute approximate surface area is 115 Å². The molecule has 0 atom stereocenters. The number of carbonyl (C=O) groups excluding carboxylic acids is 1. The second-order valence-corrected chi connectivity index (χ2v) is 6.17. The maximum absolute atomic E-state index is 11.0. The highest BCUT2D eigenvalue weighted by atomic mass is 16.4. The van der Waals surface area contributed by atoms with Crippen LogP contribution in [0.25, 0.3) is 0 Å². The van der Waals surface area contributed by atoms with Crippen LogP contribution in [-0.4, -0.2) is 35.5 Å². The number of amides is 1. The molecule has 0 aromatic carbocycles. The molecule has 0 bridgehead atoms. The summed E-state index contributed by atoms with van der Waals surface area (Å²) in [6.07, 6.45) is 10.2. The second kappa shape index (κ2) is 6.40. The van der Waals surface area contributed by atoms with Gasteiger partial charge in [-0.2, -0.15) is 0 Å². The summed E-state index contributed by atoms with van der Waals surface area (Å²) >= 11 is 0. The van der Waals surface area contributed by atoms with E-state index in [1.165, 1.54) is 37.0 Å². The zero-order valence-corrected chi connectivity index (χ0v) is 11.6. The molecule has 1 heterocycles. The number of rotatable bonds is 4. The van der Waals surface area contributed by atoms with E-state index >= 15 is 0 Å². The van der Waals surface area contributed by atoms with E-state index in [1.54, 1.807) is 0 Å². The molecular weight excluding hydrogens is 242 g/mol. The van der Waals surface area contributed by atoms with Gasteiger partial charge in [-0.15, -0.1) is 0 Å². The minimum atomic E-state index is -0.798. The third kappa shape index (κ3) is 3.28. The Kier molecular flexibility index (Phi) is 4.83. The number of carbonyl (C=O) groups is 2. The van der Waals surface area contributed by atoms with Crippen LogP contribution < -0.4 is 0 Å². The van der Waals surface area contributed by atoms with Gasteiger partial charge in [-0.05, 0) is 43.4 Å². The van der Waals surface area contributed by atoms with Crippen LogP contribution in [0.1, 0.15) is 57.8 Å². The lowest BCUT2D eigenvalue weighted by Crippen LogP contribution is -2.46. The van der Waals surface area contributed by atoms with Crippen LogP contribution in [-0.2, 0) is 4.79 Å². The van der Waals surface area contributed by atoms with E-state index in [0.29, 0.717) is 25.4 Å². The van der Waals surface area contributed by atoms with Gasteiger partial charge in [0.05, 0.1) is 0 Å². The van der Waals surface area contributed by atoms with Crippen molar-refractivity contribution in [2.45, 2.75) is 57.8 Å². The molecule has 108 valence electrons. The van der Waals surface area contributed by atoms with Gasteiger partial charge in [0.2, 0.25) is 0 Å². The number of nitrogens with zero attached hydrogens (tertiary/aromatic N) is 1. The topological polar surface area (TPSA) is 57.6 Å². The molecule has 1 saturated carbocycles. The molecule has 0 radical (unpaired) electrons. The number of piperidine rings is 1. The van der Waals surface area contributed by atoms with E-state index in [1.807, 2.05) is 0 Å². The van der Waals surface area contributed by atoms with Crippen molar-refractivity contribution in [1.29, 1.82) is 0 Å². The maximum atomic E-state index is 11.0. The van der Waals surface area contributed by atoms with Crippen LogP contribution in [0.2, 0.25) is 0 Å². The minimum absolute atomic E-state index is 0.229. The zero-order chi connectivity index (χ0) is 13.7. The van der Waals surface area contributed by atoms with Gasteiger partial charge in [0, 0.05) is 19.5 Å². The molecule has 4 nitrogen and oxygen atoms in total. The third-order valence-electron chi connectivity index (χ3n) is 5.26. The van der Waals surface area contributed by atoms with Crippen molar-refractivity contribution in [2.24, 2.45) is 11.3 Å². The number of carboxylic acid groups (broad SMARTS) is 1. The smallest absolute Gasteiger partial charge is 0.407 e. The molecule has 1 aliphatic carbocycles. The summed E-state index contributed by atoms with van der Waals surface area (Å²) in [5.41, 5.74) is 0.229. The van der Waals surface area contributed by atoms with Crippen molar-refractivity contribution in [3.8, 4) is 0 Å². The number of likely N-dealkylation sites (tertiary alicyclic amines) is 1. The normalized spacial score (nSPS) is 24.1. The highest BCUT2D eigenvalue weighted by Gasteiger charge is 2.41. The van der Waals surface area contributed by atoms with E-state index in [-0.39, 0.29) is 5.41 Å². The fourth-order valence-electron chi connectivity index (χ4n) is 4.07. The molecule has 4 heteroatoms. The predicted octanol–water partition coefficient (Wildman–Crippen LogP) is 3.31. The Bertz CT molecular complexity index is 315. The van der Waals surface area contributed by atoms with Gasteiger partial charge in [-0.3, -0.25) is 0 Å². The van der Waals surface area contributed by atoms with Crippen molar-refractivity contribution in [2.75, 3.05) is 13.1 Å². The molecule has 0 aromatic heterocycles. The van der Waals surface area contributed by atoms with Crippen molar-refractivity contribution in [3.63, 3.8) is 0 Å². The van der Waals surface area contributed by atoms with Crippen molar-refractivity contribution >= 4 is 12.4 Å². The SMILES string of the molecule is O=CCCC1(C2CCCCC2)CCN(C(=O)O)CC1. The van der Waals surface area contributed by atoms with E-state index in [9.17, 15) is 9.59 Å². The van der Waals surface area contributed by atoms with Crippen molar-refractivity contribution < 1.29 is 14.7 Å². The molecule has 0 aromatic rings. The summed E-state index contributed by atoms with van der Waals surface area (Å²) < 4.78 is 0. The summed E-state index contributed by atoms with van der Waals surface area (Å²) in [7, 11) is 0. The van der Waals surface area contributed by atoms with Gasteiger partial charge < -0.3 is 14.8 Å².